The number of rotatable bonds is 4. The van der Waals surface area contributed by atoms with Crippen LogP contribution < -0.4 is 10.6 Å². The van der Waals surface area contributed by atoms with Crippen LogP contribution in [0.15, 0.2) is 30.6 Å². The number of aromatic nitrogens is 2. The van der Waals surface area contributed by atoms with Gasteiger partial charge in [-0.2, -0.15) is 0 Å². The van der Waals surface area contributed by atoms with Crippen molar-refractivity contribution in [1.82, 2.24) is 15.3 Å². The Morgan fingerprint density at radius 3 is 3.29 bits per heavy atom. The van der Waals surface area contributed by atoms with E-state index in [0.717, 1.165) is 22.6 Å². The number of methoxy groups -OCH3 is 1. The van der Waals surface area contributed by atoms with Crippen molar-refractivity contribution in [3.05, 3.63) is 47.5 Å². The maximum atomic E-state index is 12.3. The minimum atomic E-state index is -0.258. The molecule has 2 heterocycles. The number of H-pyrrole nitrogens is 1. The number of carbonyl (C=O) groups is 1. The quantitative estimate of drug-likeness (QED) is 0.789. The van der Waals surface area contributed by atoms with Crippen molar-refractivity contribution >= 4 is 11.6 Å². The molecule has 21 heavy (non-hydrogen) atoms. The third-order valence-electron chi connectivity index (χ3n) is 3.55. The molecule has 1 amide bonds. The van der Waals surface area contributed by atoms with Crippen LogP contribution in [0.3, 0.4) is 0 Å². The predicted molar refractivity (Wildman–Crippen MR) is 78.7 cm³/mol. The lowest BCUT2D eigenvalue weighted by Crippen LogP contribution is -2.44. The van der Waals surface area contributed by atoms with Crippen LogP contribution in [-0.4, -0.2) is 29.0 Å². The second-order valence-electron chi connectivity index (χ2n) is 5.09. The standard InChI is InChI=1S/C15H18N4O2/c1-21-8-10-3-2-4-11(5-10)19-15(20)13-6-12-14(7-16-13)18-9-17-12/h2-5,9,13,16H,6-8H2,1H3,(H,17,18)(H,19,20). The molecule has 3 N–H and O–H groups in total. The van der Waals surface area contributed by atoms with Gasteiger partial charge in [0.15, 0.2) is 0 Å². The Kier molecular flexibility index (Phi) is 3.98. The molecule has 1 aliphatic heterocycles. The highest BCUT2D eigenvalue weighted by molar-refractivity contribution is 5.95. The van der Waals surface area contributed by atoms with Gasteiger partial charge in [-0.1, -0.05) is 12.1 Å². The average molecular weight is 286 g/mol. The molecule has 6 nitrogen and oxygen atoms in total. The molecule has 0 radical (unpaired) electrons. The molecular formula is C15H18N4O2. The van der Waals surface area contributed by atoms with Crippen LogP contribution in [0.1, 0.15) is 17.0 Å². The van der Waals surface area contributed by atoms with Gasteiger partial charge >= 0.3 is 0 Å². The van der Waals surface area contributed by atoms with E-state index in [1.54, 1.807) is 13.4 Å². The van der Waals surface area contributed by atoms with E-state index in [9.17, 15) is 4.79 Å². The van der Waals surface area contributed by atoms with Crippen LogP contribution in [0.25, 0.3) is 0 Å². The van der Waals surface area contributed by atoms with Crippen molar-refractivity contribution in [2.45, 2.75) is 25.6 Å². The molecule has 2 aromatic rings. The molecule has 0 saturated carbocycles. The number of aromatic amines is 1. The number of ether oxygens (including phenoxy) is 1. The fourth-order valence-electron chi connectivity index (χ4n) is 2.49. The fourth-order valence-corrected chi connectivity index (χ4v) is 2.49. The summed E-state index contributed by atoms with van der Waals surface area (Å²) in [4.78, 5) is 19.6. The topological polar surface area (TPSA) is 79.0 Å². The molecule has 1 aromatic carbocycles. The van der Waals surface area contributed by atoms with Gasteiger partial charge in [-0.15, -0.1) is 0 Å². The van der Waals surface area contributed by atoms with Crippen molar-refractivity contribution in [2.24, 2.45) is 0 Å². The lowest BCUT2D eigenvalue weighted by molar-refractivity contribution is -0.118. The molecule has 0 bridgehead atoms. The highest BCUT2D eigenvalue weighted by Gasteiger charge is 2.25. The van der Waals surface area contributed by atoms with Gasteiger partial charge in [0, 0.05) is 25.8 Å². The van der Waals surface area contributed by atoms with Crippen LogP contribution in [0.5, 0.6) is 0 Å². The van der Waals surface area contributed by atoms with Gasteiger partial charge in [0.05, 0.1) is 30.4 Å². The second-order valence-corrected chi connectivity index (χ2v) is 5.09. The average Bonchev–Trinajstić information content (AvgIpc) is 2.95. The first kappa shape index (κ1) is 13.8. The normalized spacial score (nSPS) is 17.3. The van der Waals surface area contributed by atoms with Gasteiger partial charge in [0.25, 0.3) is 0 Å². The molecule has 1 atom stereocenters. The number of amides is 1. The molecule has 0 saturated heterocycles. The summed E-state index contributed by atoms with van der Waals surface area (Å²) in [7, 11) is 1.65. The Labute approximate surface area is 122 Å². The van der Waals surface area contributed by atoms with Crippen LogP contribution in [0, 0.1) is 0 Å². The largest absolute Gasteiger partial charge is 0.380 e. The van der Waals surface area contributed by atoms with E-state index in [1.807, 2.05) is 24.3 Å². The molecule has 1 aromatic heterocycles. The summed E-state index contributed by atoms with van der Waals surface area (Å²) in [6.45, 7) is 1.17. The van der Waals surface area contributed by atoms with E-state index >= 15 is 0 Å². The fraction of sp³-hybridized carbons (Fsp3) is 0.333. The first-order valence-electron chi connectivity index (χ1n) is 6.89. The second kappa shape index (κ2) is 6.07. The van der Waals surface area contributed by atoms with Crippen LogP contribution in [0.4, 0.5) is 5.69 Å². The number of fused-ring (bicyclic) bond motifs is 1. The molecule has 1 aliphatic rings. The van der Waals surface area contributed by atoms with Crippen LogP contribution >= 0.6 is 0 Å². The maximum Gasteiger partial charge on any atom is 0.241 e. The van der Waals surface area contributed by atoms with E-state index < -0.39 is 0 Å². The van der Waals surface area contributed by atoms with Gasteiger partial charge in [0.1, 0.15) is 0 Å². The molecule has 0 aliphatic carbocycles. The number of anilines is 1. The van der Waals surface area contributed by atoms with Crippen LogP contribution in [-0.2, 0) is 29.1 Å². The summed E-state index contributed by atoms with van der Waals surface area (Å²) >= 11 is 0. The molecule has 3 rings (SSSR count). The van der Waals surface area contributed by atoms with Crippen molar-refractivity contribution in [2.75, 3.05) is 12.4 Å². The van der Waals surface area contributed by atoms with Gasteiger partial charge < -0.3 is 15.0 Å². The summed E-state index contributed by atoms with van der Waals surface area (Å²) in [5.41, 5.74) is 3.83. The van der Waals surface area contributed by atoms with Crippen molar-refractivity contribution < 1.29 is 9.53 Å². The Morgan fingerprint density at radius 1 is 1.52 bits per heavy atom. The highest BCUT2D eigenvalue weighted by atomic mass is 16.5. The number of hydrogen-bond donors (Lipinski definition) is 3. The smallest absolute Gasteiger partial charge is 0.241 e. The maximum absolute atomic E-state index is 12.3. The first-order chi connectivity index (χ1) is 10.3. The third kappa shape index (κ3) is 3.12. The molecular weight excluding hydrogens is 268 g/mol. The minimum Gasteiger partial charge on any atom is -0.380 e. The number of imidazole rings is 1. The van der Waals surface area contributed by atoms with Gasteiger partial charge in [-0.25, -0.2) is 4.98 Å². The Balaban J connectivity index is 1.65. The van der Waals surface area contributed by atoms with E-state index in [4.69, 9.17) is 4.74 Å². The van der Waals surface area contributed by atoms with E-state index in [0.29, 0.717) is 19.6 Å². The molecule has 0 fully saturated rings. The third-order valence-corrected chi connectivity index (χ3v) is 3.55. The lowest BCUT2D eigenvalue weighted by Gasteiger charge is -2.22. The molecule has 6 heteroatoms. The van der Waals surface area contributed by atoms with Gasteiger partial charge in [0.2, 0.25) is 5.91 Å². The summed E-state index contributed by atoms with van der Waals surface area (Å²) in [5.74, 6) is -0.0433. The van der Waals surface area contributed by atoms with Crippen LogP contribution in [0.2, 0.25) is 0 Å². The van der Waals surface area contributed by atoms with E-state index in [-0.39, 0.29) is 11.9 Å². The zero-order chi connectivity index (χ0) is 14.7. The predicted octanol–water partition coefficient (Wildman–Crippen LogP) is 1.21. The molecule has 1 unspecified atom stereocenters. The van der Waals surface area contributed by atoms with Gasteiger partial charge in [-0.05, 0) is 17.7 Å². The molecule has 0 spiro atoms. The Bertz CT molecular complexity index is 638. The summed E-state index contributed by atoms with van der Waals surface area (Å²) in [6, 6.07) is 7.41. The number of benzene rings is 1. The van der Waals surface area contributed by atoms with Crippen molar-refractivity contribution in [1.29, 1.82) is 0 Å². The lowest BCUT2D eigenvalue weighted by atomic mass is 10.0. The number of nitrogens with zero attached hydrogens (tertiary/aromatic N) is 1. The summed E-state index contributed by atoms with van der Waals surface area (Å²) in [5, 5.41) is 6.15. The Morgan fingerprint density at radius 2 is 2.43 bits per heavy atom. The van der Waals surface area contributed by atoms with E-state index in [1.165, 1.54) is 0 Å². The number of hydrogen-bond acceptors (Lipinski definition) is 4. The highest BCUT2D eigenvalue weighted by Crippen LogP contribution is 2.15. The van der Waals surface area contributed by atoms with E-state index in [2.05, 4.69) is 20.6 Å². The summed E-state index contributed by atoms with van der Waals surface area (Å²) in [6.07, 6.45) is 2.27. The number of nitrogens with one attached hydrogen (secondary N) is 3. The number of carbonyl (C=O) groups excluding carboxylic acids is 1. The zero-order valence-electron chi connectivity index (χ0n) is 11.8. The minimum absolute atomic E-state index is 0.0433. The SMILES string of the molecule is COCc1cccc(NC(=O)C2Cc3nc[nH]c3CN2)c1. The Hall–Kier alpha value is -2.18. The van der Waals surface area contributed by atoms with Gasteiger partial charge in [-0.3, -0.25) is 10.1 Å². The summed E-state index contributed by atoms with van der Waals surface area (Å²) < 4.78 is 5.10. The zero-order valence-corrected chi connectivity index (χ0v) is 11.8. The van der Waals surface area contributed by atoms with Crippen molar-refractivity contribution in [3.63, 3.8) is 0 Å². The molecule has 110 valence electrons. The monoisotopic (exact) mass is 286 g/mol. The first-order valence-corrected chi connectivity index (χ1v) is 6.89. The van der Waals surface area contributed by atoms with Crippen molar-refractivity contribution in [3.8, 4) is 0 Å².